The van der Waals surface area contributed by atoms with Crippen LogP contribution in [0.3, 0.4) is 0 Å². The Kier molecular flexibility index (Phi) is 7.65. The number of piperidine rings is 1. The van der Waals surface area contributed by atoms with Gasteiger partial charge >= 0.3 is 6.61 Å². The van der Waals surface area contributed by atoms with Crippen LogP contribution in [0.2, 0.25) is 0 Å². The molecule has 1 amide bonds. The van der Waals surface area contributed by atoms with Crippen LogP contribution in [0, 0.1) is 11.6 Å². The van der Waals surface area contributed by atoms with Crippen molar-refractivity contribution in [1.82, 2.24) is 10.6 Å². The topological polar surface area (TPSA) is 50.4 Å². The highest BCUT2D eigenvalue weighted by atomic mass is 35.5. The van der Waals surface area contributed by atoms with Crippen molar-refractivity contribution in [2.45, 2.75) is 25.0 Å². The highest BCUT2D eigenvalue weighted by Gasteiger charge is 2.28. The molecule has 9 heteroatoms. The maximum atomic E-state index is 13.6. The van der Waals surface area contributed by atoms with Crippen molar-refractivity contribution in [2.24, 2.45) is 0 Å². The Hall–Kier alpha value is -2.32. The van der Waals surface area contributed by atoms with Gasteiger partial charge in [0.15, 0.2) is 11.6 Å². The van der Waals surface area contributed by atoms with E-state index in [9.17, 15) is 22.4 Å². The van der Waals surface area contributed by atoms with Gasteiger partial charge in [0.05, 0.1) is 0 Å². The lowest BCUT2D eigenvalue weighted by molar-refractivity contribution is -0.0498. The molecule has 2 atom stereocenters. The molecule has 0 bridgehead atoms. The van der Waals surface area contributed by atoms with E-state index in [1.807, 2.05) is 0 Å². The van der Waals surface area contributed by atoms with Crippen molar-refractivity contribution >= 4 is 18.3 Å². The second-order valence-electron chi connectivity index (χ2n) is 6.26. The fourth-order valence-corrected chi connectivity index (χ4v) is 3.19. The average Bonchev–Trinajstić information content (AvgIpc) is 2.64. The van der Waals surface area contributed by atoms with Crippen LogP contribution >= 0.6 is 12.4 Å². The van der Waals surface area contributed by atoms with E-state index in [-0.39, 0.29) is 41.6 Å². The van der Waals surface area contributed by atoms with Gasteiger partial charge in [0, 0.05) is 24.1 Å². The van der Waals surface area contributed by atoms with Crippen LogP contribution in [-0.2, 0) is 0 Å². The Balaban J connectivity index is 0.00000280. The third-order valence-corrected chi connectivity index (χ3v) is 4.51. The molecule has 1 heterocycles. The molecule has 0 saturated carbocycles. The molecule has 1 saturated heterocycles. The summed E-state index contributed by atoms with van der Waals surface area (Å²) < 4.78 is 55.4. The van der Waals surface area contributed by atoms with E-state index in [2.05, 4.69) is 15.4 Å². The van der Waals surface area contributed by atoms with Gasteiger partial charge in [-0.3, -0.25) is 4.79 Å². The number of halogens is 5. The van der Waals surface area contributed by atoms with E-state index >= 15 is 0 Å². The number of ether oxygens (including phenoxy) is 1. The molecule has 1 aliphatic rings. The number of benzene rings is 2. The van der Waals surface area contributed by atoms with E-state index < -0.39 is 18.2 Å². The van der Waals surface area contributed by atoms with Gasteiger partial charge in [-0.05, 0) is 54.9 Å². The number of nitrogens with one attached hydrogen (secondary N) is 2. The minimum atomic E-state index is -2.94. The van der Waals surface area contributed by atoms with E-state index in [1.54, 1.807) is 0 Å². The van der Waals surface area contributed by atoms with Gasteiger partial charge in [0.2, 0.25) is 0 Å². The third-order valence-electron chi connectivity index (χ3n) is 4.51. The summed E-state index contributed by atoms with van der Waals surface area (Å²) >= 11 is 0. The molecule has 1 fully saturated rings. The van der Waals surface area contributed by atoms with Crippen molar-refractivity contribution in [3.8, 4) is 5.75 Å². The lowest BCUT2D eigenvalue weighted by atomic mass is 9.85. The molecule has 2 aromatic rings. The van der Waals surface area contributed by atoms with Crippen LogP contribution in [0.4, 0.5) is 17.6 Å². The van der Waals surface area contributed by atoms with Gasteiger partial charge in [-0.25, -0.2) is 8.78 Å². The smallest absolute Gasteiger partial charge is 0.387 e. The highest BCUT2D eigenvalue weighted by Crippen LogP contribution is 2.27. The maximum absolute atomic E-state index is 13.6. The number of carbonyl (C=O) groups excluding carboxylic acids is 1. The van der Waals surface area contributed by atoms with Crippen molar-refractivity contribution < 1.29 is 27.1 Å². The summed E-state index contributed by atoms with van der Waals surface area (Å²) in [5, 5.41) is 6.03. The normalized spacial score (nSPS) is 19.0. The van der Waals surface area contributed by atoms with Gasteiger partial charge in [-0.1, -0.05) is 6.07 Å². The molecule has 0 aromatic heterocycles. The molecule has 0 radical (unpaired) electrons. The van der Waals surface area contributed by atoms with Crippen LogP contribution in [0.5, 0.6) is 5.75 Å². The third kappa shape index (κ3) is 5.36. The molecule has 3 rings (SSSR count). The van der Waals surface area contributed by atoms with Gasteiger partial charge in [0.25, 0.3) is 5.91 Å². The summed E-state index contributed by atoms with van der Waals surface area (Å²) in [5.41, 5.74) is 0.896. The van der Waals surface area contributed by atoms with Gasteiger partial charge < -0.3 is 15.4 Å². The standard InChI is InChI=1S/C19H18F4N2O2.ClH/c20-15-6-3-12(9-16(15)21)14-7-8-24-10-17(14)25-18(26)11-1-4-13(5-2-11)27-19(22)23;/h1-6,9,14,17,19,24H,7-8,10H2,(H,25,26);1H. The van der Waals surface area contributed by atoms with Gasteiger partial charge in [-0.15, -0.1) is 12.4 Å². The fraction of sp³-hybridized carbons (Fsp3) is 0.316. The summed E-state index contributed by atoms with van der Waals surface area (Å²) in [4.78, 5) is 12.5. The Morgan fingerprint density at radius 1 is 1.11 bits per heavy atom. The fourth-order valence-electron chi connectivity index (χ4n) is 3.19. The highest BCUT2D eigenvalue weighted by molar-refractivity contribution is 5.94. The van der Waals surface area contributed by atoms with E-state index in [0.717, 1.165) is 12.1 Å². The molecular formula is C19H19ClF4N2O2. The summed E-state index contributed by atoms with van der Waals surface area (Å²) in [5.74, 6) is -2.45. The number of carbonyl (C=O) groups is 1. The molecule has 28 heavy (non-hydrogen) atoms. The Morgan fingerprint density at radius 3 is 2.46 bits per heavy atom. The zero-order valence-corrected chi connectivity index (χ0v) is 15.4. The molecule has 2 aromatic carbocycles. The Morgan fingerprint density at radius 2 is 1.82 bits per heavy atom. The van der Waals surface area contributed by atoms with Crippen LogP contribution in [0.15, 0.2) is 42.5 Å². The number of alkyl halides is 2. The predicted molar refractivity (Wildman–Crippen MR) is 98.2 cm³/mol. The first kappa shape index (κ1) is 22.0. The monoisotopic (exact) mass is 418 g/mol. The summed E-state index contributed by atoms with van der Waals surface area (Å²) in [6.45, 7) is -1.77. The quantitative estimate of drug-likeness (QED) is 0.725. The lowest BCUT2D eigenvalue weighted by Crippen LogP contribution is -2.50. The minimum absolute atomic E-state index is 0. The molecule has 1 aliphatic heterocycles. The van der Waals surface area contributed by atoms with E-state index in [4.69, 9.17) is 0 Å². The second-order valence-corrected chi connectivity index (χ2v) is 6.26. The van der Waals surface area contributed by atoms with Crippen molar-refractivity contribution in [3.05, 3.63) is 65.2 Å². The van der Waals surface area contributed by atoms with Gasteiger partial charge in [-0.2, -0.15) is 8.78 Å². The number of amides is 1. The van der Waals surface area contributed by atoms with Crippen LogP contribution in [-0.4, -0.2) is 31.7 Å². The first-order chi connectivity index (χ1) is 12.9. The van der Waals surface area contributed by atoms with Crippen molar-refractivity contribution in [3.63, 3.8) is 0 Å². The number of rotatable bonds is 5. The second kappa shape index (κ2) is 9.75. The maximum Gasteiger partial charge on any atom is 0.387 e. The summed E-state index contributed by atoms with van der Waals surface area (Å²) in [6, 6.07) is 8.76. The molecule has 4 nitrogen and oxygen atoms in total. The van der Waals surface area contributed by atoms with Gasteiger partial charge in [0.1, 0.15) is 5.75 Å². The van der Waals surface area contributed by atoms with Crippen LogP contribution in [0.1, 0.15) is 28.3 Å². The van der Waals surface area contributed by atoms with Crippen LogP contribution < -0.4 is 15.4 Å². The summed E-state index contributed by atoms with van der Waals surface area (Å²) in [7, 11) is 0. The van der Waals surface area contributed by atoms with Crippen LogP contribution in [0.25, 0.3) is 0 Å². The summed E-state index contributed by atoms with van der Waals surface area (Å²) in [6.07, 6.45) is 0.650. The van der Waals surface area contributed by atoms with Crippen molar-refractivity contribution in [2.75, 3.05) is 13.1 Å². The molecular weight excluding hydrogens is 400 g/mol. The SMILES string of the molecule is Cl.O=C(NC1CNCCC1c1ccc(F)c(F)c1)c1ccc(OC(F)F)cc1. The first-order valence-corrected chi connectivity index (χ1v) is 8.45. The predicted octanol–water partition coefficient (Wildman–Crippen LogP) is 3.86. The molecule has 0 aliphatic carbocycles. The zero-order valence-electron chi connectivity index (χ0n) is 14.6. The lowest BCUT2D eigenvalue weighted by Gasteiger charge is -2.33. The van der Waals surface area contributed by atoms with Crippen molar-refractivity contribution in [1.29, 1.82) is 0 Å². The largest absolute Gasteiger partial charge is 0.435 e. The molecule has 0 spiro atoms. The number of hydrogen-bond acceptors (Lipinski definition) is 3. The molecule has 2 N–H and O–H groups in total. The Bertz CT molecular complexity index is 805. The zero-order chi connectivity index (χ0) is 19.4. The minimum Gasteiger partial charge on any atom is -0.435 e. The average molecular weight is 419 g/mol. The molecule has 152 valence electrons. The molecule has 2 unspecified atom stereocenters. The van der Waals surface area contributed by atoms with E-state index in [0.29, 0.717) is 25.1 Å². The number of hydrogen-bond donors (Lipinski definition) is 2. The first-order valence-electron chi connectivity index (χ1n) is 8.45. The Labute approximate surface area is 165 Å². The van der Waals surface area contributed by atoms with E-state index in [1.165, 1.54) is 30.3 Å².